The van der Waals surface area contributed by atoms with Crippen LogP contribution in [-0.4, -0.2) is 5.91 Å². The van der Waals surface area contributed by atoms with E-state index in [1.807, 2.05) is 0 Å². The molecule has 0 radical (unpaired) electrons. The number of aryl methyl sites for hydroxylation is 1. The van der Waals surface area contributed by atoms with Crippen LogP contribution < -0.4 is 11.1 Å². The summed E-state index contributed by atoms with van der Waals surface area (Å²) in [5.74, 6) is -2.30. The number of nitrogen functional groups attached to an aromatic ring is 1. The number of amides is 1. The molecule has 2 aromatic rings. The average Bonchev–Trinajstić information content (AvgIpc) is 2.44. The predicted molar refractivity (Wildman–Crippen MR) is 74.6 cm³/mol. The molecule has 4 nitrogen and oxygen atoms in total. The van der Waals surface area contributed by atoms with Crippen molar-refractivity contribution in [1.29, 1.82) is 5.26 Å². The van der Waals surface area contributed by atoms with Crippen molar-refractivity contribution >= 4 is 17.3 Å². The summed E-state index contributed by atoms with van der Waals surface area (Å²) >= 11 is 0. The molecule has 0 aliphatic carbocycles. The second kappa shape index (κ2) is 5.59. The summed E-state index contributed by atoms with van der Waals surface area (Å²) in [6.07, 6.45) is 0. The molecule has 2 aromatic carbocycles. The molecule has 1 amide bonds. The van der Waals surface area contributed by atoms with Crippen molar-refractivity contribution < 1.29 is 13.6 Å². The maximum Gasteiger partial charge on any atom is 0.258 e. The molecule has 0 fully saturated rings. The number of benzene rings is 2. The molecule has 0 bridgehead atoms. The van der Waals surface area contributed by atoms with Gasteiger partial charge in [0.05, 0.1) is 22.9 Å². The summed E-state index contributed by atoms with van der Waals surface area (Å²) in [6.45, 7) is 1.48. The highest BCUT2D eigenvalue weighted by Gasteiger charge is 2.16. The molecule has 0 aromatic heterocycles. The summed E-state index contributed by atoms with van der Waals surface area (Å²) in [6, 6.07) is 7.92. The summed E-state index contributed by atoms with van der Waals surface area (Å²) in [5, 5.41) is 10.9. The first-order valence-electron chi connectivity index (χ1n) is 5.99. The van der Waals surface area contributed by atoms with Crippen molar-refractivity contribution in [3.63, 3.8) is 0 Å². The van der Waals surface area contributed by atoms with E-state index in [9.17, 15) is 13.6 Å². The van der Waals surface area contributed by atoms with Gasteiger partial charge < -0.3 is 11.1 Å². The number of nitriles is 1. The van der Waals surface area contributed by atoms with Gasteiger partial charge in [-0.3, -0.25) is 4.79 Å². The van der Waals surface area contributed by atoms with Gasteiger partial charge in [-0.05, 0) is 42.8 Å². The van der Waals surface area contributed by atoms with Gasteiger partial charge in [0.15, 0.2) is 0 Å². The molecular weight excluding hydrogens is 276 g/mol. The van der Waals surface area contributed by atoms with Gasteiger partial charge >= 0.3 is 0 Å². The number of rotatable bonds is 2. The van der Waals surface area contributed by atoms with E-state index >= 15 is 0 Å². The van der Waals surface area contributed by atoms with E-state index in [0.29, 0.717) is 0 Å². The number of nitrogens with two attached hydrogens (primary N) is 1. The Bertz CT molecular complexity index is 766. The first-order valence-corrected chi connectivity index (χ1v) is 5.99. The van der Waals surface area contributed by atoms with Crippen molar-refractivity contribution in [2.24, 2.45) is 0 Å². The van der Waals surface area contributed by atoms with E-state index in [4.69, 9.17) is 11.0 Å². The Labute approximate surface area is 119 Å². The van der Waals surface area contributed by atoms with Gasteiger partial charge in [0.1, 0.15) is 11.6 Å². The van der Waals surface area contributed by atoms with E-state index in [1.54, 1.807) is 6.07 Å². The van der Waals surface area contributed by atoms with E-state index in [0.717, 1.165) is 6.07 Å². The molecule has 0 unspecified atom stereocenters. The maximum atomic E-state index is 13.9. The molecule has 0 aliphatic rings. The molecule has 6 heteroatoms. The van der Waals surface area contributed by atoms with Gasteiger partial charge in [-0.25, -0.2) is 8.78 Å². The minimum absolute atomic E-state index is 0.122. The van der Waals surface area contributed by atoms with Crippen molar-refractivity contribution in [3.8, 4) is 6.07 Å². The van der Waals surface area contributed by atoms with E-state index in [1.165, 1.54) is 31.2 Å². The third kappa shape index (κ3) is 2.98. The molecule has 2 rings (SSSR count). The zero-order valence-electron chi connectivity index (χ0n) is 11.1. The number of anilines is 2. The van der Waals surface area contributed by atoms with Crippen LogP contribution in [0.3, 0.4) is 0 Å². The minimum atomic E-state index is -0.813. The Kier molecular flexibility index (Phi) is 3.85. The lowest BCUT2D eigenvalue weighted by atomic mass is 10.1. The van der Waals surface area contributed by atoms with Crippen molar-refractivity contribution in [3.05, 3.63) is 58.7 Å². The van der Waals surface area contributed by atoms with Crippen LogP contribution in [0.4, 0.5) is 20.2 Å². The maximum absolute atomic E-state index is 13.9. The van der Waals surface area contributed by atoms with Crippen LogP contribution in [0.2, 0.25) is 0 Å². The van der Waals surface area contributed by atoms with Gasteiger partial charge in [-0.15, -0.1) is 0 Å². The molecular formula is C15H11F2N3O. The fourth-order valence-corrected chi connectivity index (χ4v) is 1.84. The minimum Gasteiger partial charge on any atom is -0.399 e. The number of carbonyl (C=O) groups excluding carboxylic acids is 1. The Morgan fingerprint density at radius 2 is 2.00 bits per heavy atom. The third-order valence-corrected chi connectivity index (χ3v) is 2.87. The second-order valence-corrected chi connectivity index (χ2v) is 4.46. The van der Waals surface area contributed by atoms with Crippen LogP contribution in [0.1, 0.15) is 21.5 Å². The van der Waals surface area contributed by atoms with Crippen LogP contribution in [0.25, 0.3) is 0 Å². The summed E-state index contributed by atoms with van der Waals surface area (Å²) in [5.41, 5.74) is 5.74. The molecule has 3 N–H and O–H groups in total. The third-order valence-electron chi connectivity index (χ3n) is 2.87. The number of nitrogens with one attached hydrogen (secondary N) is 1. The molecule has 0 saturated heterocycles. The van der Waals surface area contributed by atoms with Crippen LogP contribution in [-0.2, 0) is 0 Å². The summed E-state index contributed by atoms with van der Waals surface area (Å²) in [7, 11) is 0. The number of carbonyl (C=O) groups is 1. The Morgan fingerprint density at radius 3 is 2.62 bits per heavy atom. The zero-order chi connectivity index (χ0) is 15.6. The largest absolute Gasteiger partial charge is 0.399 e. The molecule has 0 aliphatic heterocycles. The highest BCUT2D eigenvalue weighted by Crippen LogP contribution is 2.20. The molecule has 0 atom stereocenters. The van der Waals surface area contributed by atoms with Gasteiger partial charge in [-0.2, -0.15) is 5.26 Å². The van der Waals surface area contributed by atoms with E-state index < -0.39 is 17.5 Å². The fraction of sp³-hybridized carbons (Fsp3) is 0.0667. The predicted octanol–water partition coefficient (Wildman–Crippen LogP) is 2.98. The van der Waals surface area contributed by atoms with Crippen molar-refractivity contribution in [1.82, 2.24) is 0 Å². The summed E-state index contributed by atoms with van der Waals surface area (Å²) in [4.78, 5) is 12.0. The monoisotopic (exact) mass is 287 g/mol. The normalized spacial score (nSPS) is 10.0. The number of hydrogen-bond acceptors (Lipinski definition) is 3. The highest BCUT2D eigenvalue weighted by molar-refractivity contribution is 6.05. The van der Waals surface area contributed by atoms with E-state index in [2.05, 4.69) is 5.32 Å². The van der Waals surface area contributed by atoms with Crippen LogP contribution in [0.15, 0.2) is 30.3 Å². The highest BCUT2D eigenvalue weighted by atomic mass is 19.1. The van der Waals surface area contributed by atoms with Crippen molar-refractivity contribution in [2.45, 2.75) is 6.92 Å². The SMILES string of the molecule is Cc1cc(N)cc(C(=O)Nc2ccc(C#N)cc2F)c1F. The Morgan fingerprint density at radius 1 is 1.29 bits per heavy atom. The first-order chi connectivity index (χ1) is 9.92. The Hall–Kier alpha value is -2.94. The molecule has 0 saturated carbocycles. The van der Waals surface area contributed by atoms with Gasteiger partial charge in [0.25, 0.3) is 5.91 Å². The van der Waals surface area contributed by atoms with Crippen molar-refractivity contribution in [2.75, 3.05) is 11.1 Å². The number of halogens is 2. The topological polar surface area (TPSA) is 78.9 Å². The average molecular weight is 287 g/mol. The summed E-state index contributed by atoms with van der Waals surface area (Å²) < 4.78 is 27.6. The number of nitrogens with zero attached hydrogens (tertiary/aromatic N) is 1. The van der Waals surface area contributed by atoms with Crippen LogP contribution in [0.5, 0.6) is 0 Å². The van der Waals surface area contributed by atoms with Gasteiger partial charge in [-0.1, -0.05) is 0 Å². The molecule has 0 spiro atoms. The lowest BCUT2D eigenvalue weighted by Crippen LogP contribution is -2.16. The smallest absolute Gasteiger partial charge is 0.258 e. The molecule has 21 heavy (non-hydrogen) atoms. The lowest BCUT2D eigenvalue weighted by Gasteiger charge is -2.09. The van der Waals surface area contributed by atoms with Crippen LogP contribution >= 0.6 is 0 Å². The Balaban J connectivity index is 2.33. The molecule has 106 valence electrons. The van der Waals surface area contributed by atoms with Crippen LogP contribution in [0, 0.1) is 29.9 Å². The van der Waals surface area contributed by atoms with E-state index in [-0.39, 0.29) is 28.1 Å². The molecule has 0 heterocycles. The quantitative estimate of drug-likeness (QED) is 0.833. The second-order valence-electron chi connectivity index (χ2n) is 4.46. The zero-order valence-corrected chi connectivity index (χ0v) is 11.1. The van der Waals surface area contributed by atoms with Gasteiger partial charge in [0.2, 0.25) is 0 Å². The van der Waals surface area contributed by atoms with Gasteiger partial charge in [0, 0.05) is 5.69 Å². The number of hydrogen-bond donors (Lipinski definition) is 2. The fourth-order valence-electron chi connectivity index (χ4n) is 1.84. The first kappa shape index (κ1) is 14.5. The lowest BCUT2D eigenvalue weighted by molar-refractivity contribution is 0.102. The standard InChI is InChI=1S/C15H11F2N3O/c1-8-4-10(19)6-11(14(8)17)15(21)20-13-3-2-9(7-18)5-12(13)16/h2-6H,19H2,1H3,(H,20,21).